The molecule has 0 radical (unpaired) electrons. The number of carbonyl (C=O) groups excluding carboxylic acids is 1. The van der Waals surface area contributed by atoms with E-state index in [-0.39, 0.29) is 5.69 Å². The van der Waals surface area contributed by atoms with E-state index in [0.717, 1.165) is 23.6 Å². The van der Waals surface area contributed by atoms with Gasteiger partial charge in [-0.25, -0.2) is 9.67 Å². The Morgan fingerprint density at radius 1 is 1.13 bits per heavy atom. The molecule has 0 aliphatic rings. The zero-order chi connectivity index (χ0) is 21.3. The van der Waals surface area contributed by atoms with Crippen molar-refractivity contribution in [3.05, 3.63) is 76.8 Å². The van der Waals surface area contributed by atoms with Gasteiger partial charge in [0.15, 0.2) is 5.69 Å². The highest BCUT2D eigenvalue weighted by molar-refractivity contribution is 6.37. The van der Waals surface area contributed by atoms with Gasteiger partial charge in [0, 0.05) is 30.2 Å². The van der Waals surface area contributed by atoms with Gasteiger partial charge in [-0.15, -0.1) is 0 Å². The Morgan fingerprint density at radius 2 is 1.83 bits per heavy atom. The van der Waals surface area contributed by atoms with Crippen molar-refractivity contribution in [3.8, 4) is 17.1 Å². The SMILES string of the molecule is CCn1ccnc1-c1ccc(Nc2cn(-c3c(Cl)cccc3Cl)nc2C(N)=O)cc1. The minimum Gasteiger partial charge on any atom is -0.364 e. The molecule has 0 bridgehead atoms. The first-order chi connectivity index (χ1) is 14.5. The summed E-state index contributed by atoms with van der Waals surface area (Å²) in [5.41, 5.74) is 8.27. The van der Waals surface area contributed by atoms with Crippen molar-refractivity contribution in [1.82, 2.24) is 19.3 Å². The molecule has 0 aliphatic carbocycles. The highest BCUT2D eigenvalue weighted by Gasteiger charge is 2.18. The maximum absolute atomic E-state index is 11.9. The van der Waals surface area contributed by atoms with Crippen molar-refractivity contribution in [1.29, 1.82) is 0 Å². The largest absolute Gasteiger partial charge is 0.364 e. The second-order valence-electron chi connectivity index (χ2n) is 6.51. The van der Waals surface area contributed by atoms with Crippen LogP contribution in [0.4, 0.5) is 11.4 Å². The molecule has 0 unspecified atom stereocenters. The number of primary amides is 1. The second kappa shape index (κ2) is 8.22. The van der Waals surface area contributed by atoms with Gasteiger partial charge >= 0.3 is 0 Å². The third-order valence-corrected chi connectivity index (χ3v) is 5.20. The molecule has 2 aromatic heterocycles. The third-order valence-electron chi connectivity index (χ3n) is 4.59. The van der Waals surface area contributed by atoms with Gasteiger partial charge in [-0.05, 0) is 43.3 Å². The molecule has 0 atom stereocenters. The lowest BCUT2D eigenvalue weighted by Crippen LogP contribution is -2.14. The number of hydrogen-bond acceptors (Lipinski definition) is 4. The van der Waals surface area contributed by atoms with Gasteiger partial charge in [-0.3, -0.25) is 4.79 Å². The number of carbonyl (C=O) groups is 1. The number of nitrogens with zero attached hydrogens (tertiary/aromatic N) is 4. The van der Waals surface area contributed by atoms with Gasteiger partial charge in [0.05, 0.1) is 21.9 Å². The fraction of sp³-hybridized carbons (Fsp3) is 0.0952. The molecule has 1 amide bonds. The van der Waals surface area contributed by atoms with Crippen LogP contribution in [0, 0.1) is 0 Å². The molecule has 152 valence electrons. The van der Waals surface area contributed by atoms with Gasteiger partial charge < -0.3 is 15.6 Å². The van der Waals surface area contributed by atoms with Crippen molar-refractivity contribution >= 4 is 40.5 Å². The zero-order valence-electron chi connectivity index (χ0n) is 16.0. The fourth-order valence-electron chi connectivity index (χ4n) is 3.15. The molecule has 0 saturated carbocycles. The average molecular weight is 441 g/mol. The van der Waals surface area contributed by atoms with Crippen LogP contribution in [0.25, 0.3) is 17.1 Å². The van der Waals surface area contributed by atoms with Gasteiger partial charge in [0.1, 0.15) is 11.5 Å². The number of rotatable bonds is 6. The molecule has 4 aromatic rings. The number of para-hydroxylation sites is 1. The highest BCUT2D eigenvalue weighted by Crippen LogP contribution is 2.31. The van der Waals surface area contributed by atoms with E-state index in [4.69, 9.17) is 28.9 Å². The first-order valence-electron chi connectivity index (χ1n) is 9.20. The lowest BCUT2D eigenvalue weighted by molar-refractivity contribution is 0.0996. The Hall–Kier alpha value is -3.29. The Kier molecular flexibility index (Phi) is 5.48. The number of aromatic nitrogens is 4. The molecule has 0 spiro atoms. The topological polar surface area (TPSA) is 90.8 Å². The number of hydrogen-bond donors (Lipinski definition) is 2. The number of halogens is 2. The van der Waals surface area contributed by atoms with Crippen molar-refractivity contribution < 1.29 is 4.79 Å². The smallest absolute Gasteiger partial charge is 0.271 e. The lowest BCUT2D eigenvalue weighted by Gasteiger charge is -2.08. The van der Waals surface area contributed by atoms with Crippen LogP contribution in [-0.4, -0.2) is 25.2 Å². The summed E-state index contributed by atoms with van der Waals surface area (Å²) in [6, 6.07) is 12.8. The van der Waals surface area contributed by atoms with Crippen LogP contribution in [0.15, 0.2) is 61.1 Å². The van der Waals surface area contributed by atoms with E-state index < -0.39 is 5.91 Å². The van der Waals surface area contributed by atoms with Gasteiger partial charge in [-0.2, -0.15) is 5.10 Å². The van der Waals surface area contributed by atoms with Crippen LogP contribution in [-0.2, 0) is 6.54 Å². The molecule has 2 aromatic carbocycles. The van der Waals surface area contributed by atoms with Gasteiger partial charge in [0.25, 0.3) is 5.91 Å². The van der Waals surface area contributed by atoms with Crippen LogP contribution in [0.1, 0.15) is 17.4 Å². The number of amides is 1. The molecule has 4 rings (SSSR count). The molecule has 30 heavy (non-hydrogen) atoms. The number of imidazole rings is 1. The predicted molar refractivity (Wildman–Crippen MR) is 119 cm³/mol. The third kappa shape index (κ3) is 3.77. The van der Waals surface area contributed by atoms with Gasteiger partial charge in [0.2, 0.25) is 0 Å². The summed E-state index contributed by atoms with van der Waals surface area (Å²) in [6.07, 6.45) is 5.35. The van der Waals surface area contributed by atoms with E-state index in [1.54, 1.807) is 30.6 Å². The Labute approximate surface area is 183 Å². The Bertz CT molecular complexity index is 1190. The lowest BCUT2D eigenvalue weighted by atomic mass is 10.2. The van der Waals surface area contributed by atoms with E-state index in [1.807, 2.05) is 30.5 Å². The molecular weight excluding hydrogens is 423 g/mol. The summed E-state index contributed by atoms with van der Waals surface area (Å²) >= 11 is 12.5. The van der Waals surface area contributed by atoms with Crippen molar-refractivity contribution in [3.63, 3.8) is 0 Å². The number of anilines is 2. The summed E-state index contributed by atoms with van der Waals surface area (Å²) in [5, 5.41) is 8.27. The molecule has 0 saturated heterocycles. The van der Waals surface area contributed by atoms with Crippen LogP contribution >= 0.6 is 23.2 Å². The van der Waals surface area contributed by atoms with Gasteiger partial charge in [-0.1, -0.05) is 29.3 Å². The number of nitrogens with two attached hydrogens (primary N) is 1. The minimum atomic E-state index is -0.666. The second-order valence-corrected chi connectivity index (χ2v) is 7.32. The van der Waals surface area contributed by atoms with Crippen molar-refractivity contribution in [2.24, 2.45) is 5.73 Å². The van der Waals surface area contributed by atoms with E-state index >= 15 is 0 Å². The Balaban J connectivity index is 1.66. The molecule has 0 fully saturated rings. The first kappa shape index (κ1) is 20.0. The van der Waals surface area contributed by atoms with E-state index in [9.17, 15) is 4.79 Å². The normalized spacial score (nSPS) is 10.9. The average Bonchev–Trinajstić information content (AvgIpc) is 3.36. The van der Waals surface area contributed by atoms with Crippen LogP contribution in [0.3, 0.4) is 0 Å². The molecule has 0 aliphatic heterocycles. The van der Waals surface area contributed by atoms with Crippen LogP contribution in [0.5, 0.6) is 0 Å². The van der Waals surface area contributed by atoms with E-state index in [0.29, 0.717) is 21.4 Å². The molecule has 2 heterocycles. The van der Waals surface area contributed by atoms with Crippen LogP contribution in [0.2, 0.25) is 10.0 Å². The standard InChI is InChI=1S/C21H18Cl2N6O/c1-2-28-11-10-25-21(28)13-6-8-14(9-7-13)26-17-12-29(27-18(17)20(24)30)19-15(22)4-3-5-16(19)23/h3-12,26H,2H2,1H3,(H2,24,30). The molecule has 7 nitrogen and oxygen atoms in total. The maximum Gasteiger partial charge on any atom is 0.271 e. The van der Waals surface area contributed by atoms with Crippen LogP contribution < -0.4 is 11.1 Å². The zero-order valence-corrected chi connectivity index (χ0v) is 17.5. The summed E-state index contributed by atoms with van der Waals surface area (Å²) in [5.74, 6) is 0.226. The molecular formula is C21H18Cl2N6O. The maximum atomic E-state index is 11.9. The quantitative estimate of drug-likeness (QED) is 0.445. The van der Waals surface area contributed by atoms with E-state index in [2.05, 4.69) is 26.9 Å². The number of benzene rings is 2. The highest BCUT2D eigenvalue weighted by atomic mass is 35.5. The van der Waals surface area contributed by atoms with Crippen molar-refractivity contribution in [2.75, 3.05) is 5.32 Å². The molecule has 9 heteroatoms. The summed E-state index contributed by atoms with van der Waals surface area (Å²) in [7, 11) is 0. The summed E-state index contributed by atoms with van der Waals surface area (Å²) in [6.45, 7) is 2.90. The minimum absolute atomic E-state index is 0.0802. The fourth-order valence-corrected chi connectivity index (χ4v) is 3.72. The summed E-state index contributed by atoms with van der Waals surface area (Å²) in [4.78, 5) is 16.3. The summed E-state index contributed by atoms with van der Waals surface area (Å²) < 4.78 is 3.50. The monoisotopic (exact) mass is 440 g/mol. The predicted octanol–water partition coefficient (Wildman–Crippen LogP) is 4.91. The number of aryl methyl sites for hydroxylation is 1. The molecule has 3 N–H and O–H groups in total. The Morgan fingerprint density at radius 3 is 2.47 bits per heavy atom. The first-order valence-corrected chi connectivity index (χ1v) is 9.96. The number of nitrogens with one attached hydrogen (secondary N) is 1. The van der Waals surface area contributed by atoms with E-state index in [1.165, 1.54) is 4.68 Å². The van der Waals surface area contributed by atoms with Crippen molar-refractivity contribution in [2.45, 2.75) is 13.5 Å².